The Hall–Kier alpha value is -2.75. The van der Waals surface area contributed by atoms with Gasteiger partial charge in [-0.25, -0.2) is 4.79 Å². The highest BCUT2D eigenvalue weighted by molar-refractivity contribution is 6.90. The number of hydrogen-bond donors (Lipinski definition) is 2. The number of rotatable bonds is 9. The summed E-state index contributed by atoms with van der Waals surface area (Å²) < 4.78 is 25.9. The number of carboxylic acids is 1. The van der Waals surface area contributed by atoms with Gasteiger partial charge in [0, 0.05) is 20.4 Å². The van der Waals surface area contributed by atoms with Crippen molar-refractivity contribution in [1.82, 2.24) is 5.32 Å². The number of carboxylic acid groups (broad SMARTS) is 1. The second-order valence-corrected chi connectivity index (χ2v) is 15.2. The Morgan fingerprint density at radius 2 is 1.35 bits per heavy atom. The Bertz CT molecular complexity index is 889. The topological polar surface area (TPSA) is 119 Å². The maximum absolute atomic E-state index is 16.4. The molecule has 1 aromatic carbocycles. The van der Waals surface area contributed by atoms with Gasteiger partial charge in [0.1, 0.15) is 0 Å². The highest BCUT2D eigenvalue weighted by atomic mass is 28.4. The van der Waals surface area contributed by atoms with Crippen molar-refractivity contribution in [1.29, 1.82) is 0 Å². The normalized spacial score (nSPS) is 14.0. The van der Waals surface area contributed by atoms with E-state index in [1.54, 1.807) is 12.1 Å². The molecule has 0 heterocycles. The predicted octanol–water partition coefficient (Wildman–Crippen LogP) is 3.02. The number of aliphatic carboxylic acids is 1. The molecular formula is C24H36FNO7Si. The highest BCUT2D eigenvalue weighted by Crippen LogP contribution is 2.51. The molecule has 0 aliphatic carbocycles. The fourth-order valence-electron chi connectivity index (χ4n) is 4.17. The molecule has 2 unspecified atom stereocenters. The molecule has 10 heteroatoms. The van der Waals surface area contributed by atoms with Crippen molar-refractivity contribution in [3.8, 4) is 0 Å². The van der Waals surface area contributed by atoms with E-state index in [-0.39, 0.29) is 6.54 Å². The number of carbonyl (C=O) groups excluding carboxylic acids is 3. The standard InChI is InChI=1S/C24H36FNO7Si/c1-15(27)32-19(20(22(30)31)33-16(2)28)21(29)26-14-13-17-9-11-18(12-10-17)34(25,23(3,4)5)24(6,7)8/h9-12,19-20H,13-14H2,1-8H3,(H,26,29)(H,30,31). The van der Waals surface area contributed by atoms with Gasteiger partial charge in [-0.3, -0.25) is 14.4 Å². The molecule has 1 rings (SSSR count). The summed E-state index contributed by atoms with van der Waals surface area (Å²) in [5.74, 6) is -4.36. The Labute approximate surface area is 201 Å². The highest BCUT2D eigenvalue weighted by Gasteiger charge is 2.56. The van der Waals surface area contributed by atoms with Crippen LogP contribution < -0.4 is 10.5 Å². The molecule has 1 amide bonds. The summed E-state index contributed by atoms with van der Waals surface area (Å²) in [6.07, 6.45) is -3.44. The van der Waals surface area contributed by atoms with Gasteiger partial charge < -0.3 is 24.0 Å². The molecule has 0 aromatic heterocycles. The van der Waals surface area contributed by atoms with E-state index >= 15 is 4.11 Å². The Kier molecular flexibility index (Phi) is 9.57. The maximum Gasteiger partial charge on any atom is 0.349 e. The van der Waals surface area contributed by atoms with Crippen LogP contribution in [0.1, 0.15) is 61.0 Å². The van der Waals surface area contributed by atoms with E-state index in [0.29, 0.717) is 11.6 Å². The summed E-state index contributed by atoms with van der Waals surface area (Å²) in [6, 6.07) is 7.21. The van der Waals surface area contributed by atoms with Gasteiger partial charge in [0.05, 0.1) is 0 Å². The lowest BCUT2D eigenvalue weighted by atomic mass is 10.1. The third-order valence-corrected chi connectivity index (χ3v) is 10.8. The number of nitrogens with one attached hydrogen (secondary N) is 1. The van der Waals surface area contributed by atoms with Gasteiger partial charge in [0.25, 0.3) is 14.3 Å². The number of esters is 2. The summed E-state index contributed by atoms with van der Waals surface area (Å²) >= 11 is 0. The molecule has 190 valence electrons. The minimum Gasteiger partial charge on any atom is -0.478 e. The third kappa shape index (κ3) is 7.12. The molecule has 0 fully saturated rings. The molecular weight excluding hydrogens is 461 g/mol. The zero-order chi connectivity index (χ0) is 26.5. The van der Waals surface area contributed by atoms with E-state index in [0.717, 1.165) is 19.4 Å². The van der Waals surface area contributed by atoms with Gasteiger partial charge in [-0.05, 0) is 27.2 Å². The lowest BCUT2D eigenvalue weighted by Gasteiger charge is -2.44. The Morgan fingerprint density at radius 3 is 1.74 bits per heavy atom. The summed E-state index contributed by atoms with van der Waals surface area (Å²) in [5, 5.41) is 11.5. The van der Waals surface area contributed by atoms with Crippen molar-refractivity contribution in [3.63, 3.8) is 0 Å². The fraction of sp³-hybridized carbons (Fsp3) is 0.583. The van der Waals surface area contributed by atoms with E-state index in [4.69, 9.17) is 4.74 Å². The summed E-state index contributed by atoms with van der Waals surface area (Å²) in [5.41, 5.74) is 0.835. The van der Waals surface area contributed by atoms with Gasteiger partial charge in [-0.2, -0.15) is 0 Å². The van der Waals surface area contributed by atoms with Crippen LogP contribution in [-0.2, 0) is 35.1 Å². The second-order valence-electron chi connectivity index (χ2n) is 10.3. The quantitative estimate of drug-likeness (QED) is 0.306. The number of carbonyl (C=O) groups is 4. The van der Waals surface area contributed by atoms with Crippen LogP contribution in [0, 0.1) is 0 Å². The second kappa shape index (κ2) is 11.1. The number of amides is 1. The first-order valence-electron chi connectivity index (χ1n) is 11.0. The molecule has 0 spiro atoms. The average Bonchev–Trinajstić information content (AvgIpc) is 2.68. The van der Waals surface area contributed by atoms with E-state index in [1.165, 1.54) is 0 Å². The SMILES string of the molecule is CC(=O)OC(C(=O)O)C(OC(C)=O)C(=O)NCCc1ccc([Si](F)(C(C)(C)C)C(C)(C)C)cc1. The van der Waals surface area contributed by atoms with Crippen LogP contribution in [0.4, 0.5) is 4.11 Å². The van der Waals surface area contributed by atoms with Crippen molar-refractivity contribution >= 4 is 37.4 Å². The first-order valence-corrected chi connectivity index (χ1v) is 12.9. The van der Waals surface area contributed by atoms with Crippen LogP contribution >= 0.6 is 0 Å². The third-order valence-electron chi connectivity index (χ3n) is 5.49. The fourth-order valence-corrected chi connectivity index (χ4v) is 8.78. The molecule has 0 aliphatic heterocycles. The van der Waals surface area contributed by atoms with E-state index in [2.05, 4.69) is 10.1 Å². The van der Waals surface area contributed by atoms with Crippen LogP contribution in [0.15, 0.2) is 24.3 Å². The van der Waals surface area contributed by atoms with Crippen molar-refractivity contribution < 1.29 is 37.9 Å². The molecule has 0 saturated carbocycles. The lowest BCUT2D eigenvalue weighted by Crippen LogP contribution is -2.57. The predicted molar refractivity (Wildman–Crippen MR) is 128 cm³/mol. The van der Waals surface area contributed by atoms with Crippen LogP contribution in [-0.4, -0.2) is 56.1 Å². The van der Waals surface area contributed by atoms with Gasteiger partial charge in [0.15, 0.2) is 0 Å². The van der Waals surface area contributed by atoms with Crippen LogP contribution in [0.25, 0.3) is 0 Å². The number of ether oxygens (including phenoxy) is 2. The van der Waals surface area contributed by atoms with Crippen molar-refractivity contribution in [2.75, 3.05) is 6.54 Å². The van der Waals surface area contributed by atoms with Crippen LogP contribution in [0.2, 0.25) is 10.1 Å². The zero-order valence-corrected chi connectivity index (χ0v) is 22.2. The lowest BCUT2D eigenvalue weighted by molar-refractivity contribution is -0.180. The first-order chi connectivity index (χ1) is 15.4. The number of halogens is 1. The summed E-state index contributed by atoms with van der Waals surface area (Å²) in [7, 11) is -3.38. The Morgan fingerprint density at radius 1 is 0.912 bits per heavy atom. The monoisotopic (exact) mass is 497 g/mol. The van der Waals surface area contributed by atoms with Crippen molar-refractivity contribution in [2.45, 2.75) is 84.1 Å². The van der Waals surface area contributed by atoms with Gasteiger partial charge in [-0.15, -0.1) is 0 Å². The maximum atomic E-state index is 16.4. The number of benzene rings is 1. The molecule has 0 bridgehead atoms. The molecule has 1 aromatic rings. The van der Waals surface area contributed by atoms with Crippen molar-refractivity contribution in [3.05, 3.63) is 29.8 Å². The molecule has 2 N–H and O–H groups in total. The number of hydrogen-bond acceptors (Lipinski definition) is 6. The molecule has 8 nitrogen and oxygen atoms in total. The van der Waals surface area contributed by atoms with Crippen LogP contribution in [0.5, 0.6) is 0 Å². The van der Waals surface area contributed by atoms with E-state index in [9.17, 15) is 24.3 Å². The van der Waals surface area contributed by atoms with E-state index < -0.39 is 54.5 Å². The molecule has 2 atom stereocenters. The summed E-state index contributed by atoms with van der Waals surface area (Å²) in [4.78, 5) is 46.5. The largest absolute Gasteiger partial charge is 0.478 e. The Balaban J connectivity index is 2.95. The molecule has 0 saturated heterocycles. The van der Waals surface area contributed by atoms with Gasteiger partial charge in [-0.1, -0.05) is 65.8 Å². The molecule has 0 aliphatic rings. The molecule has 34 heavy (non-hydrogen) atoms. The first kappa shape index (κ1) is 29.3. The molecule has 0 radical (unpaired) electrons. The minimum atomic E-state index is -3.38. The van der Waals surface area contributed by atoms with Crippen LogP contribution in [0.3, 0.4) is 0 Å². The van der Waals surface area contributed by atoms with Crippen molar-refractivity contribution in [2.24, 2.45) is 0 Å². The van der Waals surface area contributed by atoms with E-state index in [1.807, 2.05) is 53.7 Å². The zero-order valence-electron chi connectivity index (χ0n) is 21.2. The van der Waals surface area contributed by atoms with Gasteiger partial charge >= 0.3 is 17.9 Å². The average molecular weight is 498 g/mol. The summed E-state index contributed by atoms with van der Waals surface area (Å²) in [6.45, 7) is 13.6. The minimum absolute atomic E-state index is 0.0963. The smallest absolute Gasteiger partial charge is 0.349 e. The van der Waals surface area contributed by atoms with Gasteiger partial charge in [0.2, 0.25) is 12.2 Å².